The van der Waals surface area contributed by atoms with Gasteiger partial charge in [-0.15, -0.1) is 0 Å². The van der Waals surface area contributed by atoms with E-state index >= 15 is 0 Å². The Hall–Kier alpha value is -0.0800. The summed E-state index contributed by atoms with van der Waals surface area (Å²) in [5, 5.41) is 3.20. The Bertz CT molecular complexity index is 107. The van der Waals surface area contributed by atoms with Gasteiger partial charge in [0, 0.05) is 0 Å². The van der Waals surface area contributed by atoms with Crippen LogP contribution < -0.4 is 5.32 Å². The van der Waals surface area contributed by atoms with Crippen LogP contribution in [-0.4, -0.2) is 38.1 Å². The first-order valence-corrected chi connectivity index (χ1v) is 5.80. The van der Waals surface area contributed by atoms with E-state index in [1.807, 2.05) is 7.05 Å². The smallest absolute Gasteiger partial charge is 0.00183 e. The highest BCUT2D eigenvalue weighted by Crippen LogP contribution is 2.09. The van der Waals surface area contributed by atoms with Crippen LogP contribution in [0.15, 0.2) is 0 Å². The second-order valence-corrected chi connectivity index (χ2v) is 4.07. The molecule has 0 aliphatic carbocycles. The van der Waals surface area contributed by atoms with Crippen LogP contribution in [-0.2, 0) is 0 Å². The van der Waals surface area contributed by atoms with E-state index in [2.05, 4.69) is 10.2 Å². The maximum absolute atomic E-state index is 3.20. The molecule has 2 heteroatoms. The molecule has 1 aliphatic heterocycles. The van der Waals surface area contributed by atoms with Crippen molar-refractivity contribution >= 4 is 0 Å². The fourth-order valence-corrected chi connectivity index (χ4v) is 2.00. The number of nitrogens with zero attached hydrogens (tertiary/aromatic N) is 1. The Kier molecular flexibility index (Phi) is 6.21. The van der Waals surface area contributed by atoms with Gasteiger partial charge >= 0.3 is 0 Å². The van der Waals surface area contributed by atoms with E-state index in [-0.39, 0.29) is 0 Å². The first-order valence-electron chi connectivity index (χ1n) is 5.80. The number of nitrogens with one attached hydrogen (secondary N) is 1. The molecule has 1 heterocycles. The molecule has 1 N–H and O–H groups in total. The number of unbranched alkanes of at least 4 members (excludes halogenated alkanes) is 1. The Morgan fingerprint density at radius 1 is 1.00 bits per heavy atom. The molecule has 0 saturated carbocycles. The fourth-order valence-electron chi connectivity index (χ4n) is 2.00. The van der Waals surface area contributed by atoms with E-state index in [0.29, 0.717) is 0 Å². The summed E-state index contributed by atoms with van der Waals surface area (Å²) in [7, 11) is 2.03. The zero-order valence-corrected chi connectivity index (χ0v) is 9.02. The molecule has 0 spiro atoms. The lowest BCUT2D eigenvalue weighted by atomic mass is 10.2. The largest absolute Gasteiger partial charge is 0.320 e. The third-order valence-corrected chi connectivity index (χ3v) is 2.85. The molecule has 78 valence electrons. The van der Waals surface area contributed by atoms with E-state index < -0.39 is 0 Å². The van der Waals surface area contributed by atoms with Crippen molar-refractivity contribution in [1.82, 2.24) is 10.2 Å². The summed E-state index contributed by atoms with van der Waals surface area (Å²) < 4.78 is 0. The van der Waals surface area contributed by atoms with Crippen LogP contribution in [0.5, 0.6) is 0 Å². The van der Waals surface area contributed by atoms with Crippen molar-refractivity contribution in [3.63, 3.8) is 0 Å². The van der Waals surface area contributed by atoms with Gasteiger partial charge in [0.15, 0.2) is 0 Å². The van der Waals surface area contributed by atoms with E-state index in [0.717, 1.165) is 0 Å². The summed E-state index contributed by atoms with van der Waals surface area (Å²) in [4.78, 5) is 2.64. The molecule has 0 unspecified atom stereocenters. The van der Waals surface area contributed by atoms with Gasteiger partial charge in [-0.25, -0.2) is 0 Å². The highest BCUT2D eigenvalue weighted by molar-refractivity contribution is 4.63. The lowest BCUT2D eigenvalue weighted by Gasteiger charge is -2.19. The van der Waals surface area contributed by atoms with Gasteiger partial charge in [0.1, 0.15) is 0 Å². The molecular weight excluding hydrogens is 160 g/mol. The van der Waals surface area contributed by atoms with Crippen molar-refractivity contribution in [1.29, 1.82) is 0 Å². The predicted molar refractivity (Wildman–Crippen MR) is 58.1 cm³/mol. The van der Waals surface area contributed by atoms with Crippen LogP contribution >= 0.6 is 0 Å². The summed E-state index contributed by atoms with van der Waals surface area (Å²) in [6, 6.07) is 0. The van der Waals surface area contributed by atoms with E-state index in [4.69, 9.17) is 0 Å². The van der Waals surface area contributed by atoms with Gasteiger partial charge in [0.25, 0.3) is 0 Å². The Labute approximate surface area is 82.7 Å². The second kappa shape index (κ2) is 7.34. The minimum absolute atomic E-state index is 1.17. The zero-order valence-electron chi connectivity index (χ0n) is 9.02. The van der Waals surface area contributed by atoms with Gasteiger partial charge in [-0.05, 0) is 58.9 Å². The number of hydrogen-bond donors (Lipinski definition) is 1. The minimum atomic E-state index is 1.17. The molecule has 1 rings (SSSR count). The zero-order chi connectivity index (χ0) is 9.36. The first-order chi connectivity index (χ1) is 6.43. The van der Waals surface area contributed by atoms with Crippen molar-refractivity contribution in [3.05, 3.63) is 0 Å². The first kappa shape index (κ1) is 11.0. The third-order valence-electron chi connectivity index (χ3n) is 2.85. The van der Waals surface area contributed by atoms with Gasteiger partial charge < -0.3 is 10.2 Å². The van der Waals surface area contributed by atoms with E-state index in [1.165, 1.54) is 64.7 Å². The topological polar surface area (TPSA) is 15.3 Å². The molecule has 0 bridgehead atoms. The molecule has 0 atom stereocenters. The SMILES string of the molecule is CNCCCCN1CCCCCC1. The summed E-state index contributed by atoms with van der Waals surface area (Å²) >= 11 is 0. The maximum atomic E-state index is 3.20. The lowest BCUT2D eigenvalue weighted by molar-refractivity contribution is 0.279. The Morgan fingerprint density at radius 3 is 2.31 bits per heavy atom. The van der Waals surface area contributed by atoms with Crippen LogP contribution in [0.2, 0.25) is 0 Å². The van der Waals surface area contributed by atoms with Crippen LogP contribution in [0.1, 0.15) is 38.5 Å². The quantitative estimate of drug-likeness (QED) is 0.656. The van der Waals surface area contributed by atoms with Crippen molar-refractivity contribution in [2.75, 3.05) is 33.2 Å². The predicted octanol–water partition coefficient (Wildman–Crippen LogP) is 1.86. The summed E-state index contributed by atoms with van der Waals surface area (Å²) in [5.74, 6) is 0. The number of hydrogen-bond acceptors (Lipinski definition) is 2. The summed E-state index contributed by atoms with van der Waals surface area (Å²) in [6.07, 6.45) is 8.44. The van der Waals surface area contributed by atoms with Gasteiger partial charge in [-0.1, -0.05) is 12.8 Å². The molecule has 2 nitrogen and oxygen atoms in total. The standard InChI is InChI=1S/C11H24N2/c1-12-8-4-7-11-13-9-5-2-3-6-10-13/h12H,2-11H2,1H3. The molecule has 1 saturated heterocycles. The molecule has 0 aromatic rings. The van der Waals surface area contributed by atoms with Crippen molar-refractivity contribution in [3.8, 4) is 0 Å². The molecule has 0 aromatic heterocycles. The van der Waals surface area contributed by atoms with E-state index in [9.17, 15) is 0 Å². The normalized spacial score (nSPS) is 20.1. The highest BCUT2D eigenvalue weighted by atomic mass is 15.1. The summed E-state index contributed by atoms with van der Waals surface area (Å²) in [5.41, 5.74) is 0. The molecule has 0 amide bonds. The van der Waals surface area contributed by atoms with Gasteiger partial charge in [-0.3, -0.25) is 0 Å². The van der Waals surface area contributed by atoms with Gasteiger partial charge in [0.05, 0.1) is 0 Å². The fraction of sp³-hybridized carbons (Fsp3) is 1.00. The molecule has 1 aliphatic rings. The van der Waals surface area contributed by atoms with Crippen LogP contribution in [0.25, 0.3) is 0 Å². The molecule has 1 fully saturated rings. The lowest BCUT2D eigenvalue weighted by Crippen LogP contribution is -2.26. The molecule has 0 radical (unpaired) electrons. The average molecular weight is 184 g/mol. The van der Waals surface area contributed by atoms with Crippen LogP contribution in [0, 0.1) is 0 Å². The van der Waals surface area contributed by atoms with Gasteiger partial charge in [0.2, 0.25) is 0 Å². The monoisotopic (exact) mass is 184 g/mol. The number of rotatable bonds is 5. The van der Waals surface area contributed by atoms with Crippen LogP contribution in [0.4, 0.5) is 0 Å². The maximum Gasteiger partial charge on any atom is -0.00183 e. The minimum Gasteiger partial charge on any atom is -0.320 e. The third kappa shape index (κ3) is 5.27. The van der Waals surface area contributed by atoms with Crippen molar-refractivity contribution in [2.45, 2.75) is 38.5 Å². The van der Waals surface area contributed by atoms with Crippen LogP contribution in [0.3, 0.4) is 0 Å². The highest BCUT2D eigenvalue weighted by Gasteiger charge is 2.07. The Morgan fingerprint density at radius 2 is 1.69 bits per heavy atom. The molecule has 13 heavy (non-hydrogen) atoms. The average Bonchev–Trinajstić information content (AvgIpc) is 2.41. The van der Waals surface area contributed by atoms with Crippen molar-refractivity contribution < 1.29 is 0 Å². The van der Waals surface area contributed by atoms with Crippen molar-refractivity contribution in [2.24, 2.45) is 0 Å². The summed E-state index contributed by atoms with van der Waals surface area (Å²) in [6.45, 7) is 5.19. The molecule has 0 aromatic carbocycles. The molecular formula is C11H24N2. The van der Waals surface area contributed by atoms with E-state index in [1.54, 1.807) is 0 Å². The Balaban J connectivity index is 1.98. The second-order valence-electron chi connectivity index (χ2n) is 4.07. The number of likely N-dealkylation sites (tertiary alicyclic amines) is 1. The van der Waals surface area contributed by atoms with Gasteiger partial charge in [-0.2, -0.15) is 0 Å².